The number of hydrogen-bond donors (Lipinski definition) is 2. The standard InChI is InChI=1S/C47H47FN2O5/c1-33(2)45-44(47(53)49-39-21-13-6-14-22-39)43(36-19-11-5-12-20-36)46(37-23-25-38(48)26-24-37)50(45)28-27-40(51)29-41(54-31-34-15-7-3-8-16-34)30-42(52)55-32-35-17-9-4-10-18-35/h3-26,33,40-41,51H,27-32H2,1-2H3,(H,49,53)/t40-,41-/m1/s1. The summed E-state index contributed by atoms with van der Waals surface area (Å²) in [6.07, 6.45) is -1.03. The zero-order valence-electron chi connectivity index (χ0n) is 31.2. The summed E-state index contributed by atoms with van der Waals surface area (Å²) in [5.41, 5.74) is 6.86. The van der Waals surface area contributed by atoms with Gasteiger partial charge in [-0.05, 0) is 71.0 Å². The molecule has 0 bridgehead atoms. The van der Waals surface area contributed by atoms with Crippen LogP contribution in [-0.2, 0) is 34.0 Å². The maximum Gasteiger partial charge on any atom is 0.308 e. The van der Waals surface area contributed by atoms with Gasteiger partial charge in [0.25, 0.3) is 5.91 Å². The molecule has 282 valence electrons. The molecule has 0 radical (unpaired) electrons. The molecule has 0 aliphatic carbocycles. The number of carbonyl (C=O) groups is 2. The zero-order chi connectivity index (χ0) is 38.6. The van der Waals surface area contributed by atoms with E-state index in [0.29, 0.717) is 24.2 Å². The number of aromatic nitrogens is 1. The number of para-hydroxylation sites is 1. The van der Waals surface area contributed by atoms with Crippen LogP contribution in [0.4, 0.5) is 10.1 Å². The van der Waals surface area contributed by atoms with Crippen molar-refractivity contribution >= 4 is 17.6 Å². The van der Waals surface area contributed by atoms with E-state index in [2.05, 4.69) is 9.88 Å². The molecular formula is C47H47FN2O5. The molecule has 0 spiro atoms. The van der Waals surface area contributed by atoms with E-state index in [-0.39, 0.29) is 43.7 Å². The van der Waals surface area contributed by atoms with Crippen molar-refractivity contribution < 1.29 is 28.6 Å². The summed E-state index contributed by atoms with van der Waals surface area (Å²) < 4.78 is 28.3. The lowest BCUT2D eigenvalue weighted by Crippen LogP contribution is -2.26. The zero-order valence-corrected chi connectivity index (χ0v) is 31.2. The molecule has 2 atom stereocenters. The van der Waals surface area contributed by atoms with E-state index in [1.165, 1.54) is 12.1 Å². The van der Waals surface area contributed by atoms with Crippen molar-refractivity contribution in [3.8, 4) is 22.4 Å². The number of aliphatic hydroxyl groups is 1. The fourth-order valence-electron chi connectivity index (χ4n) is 6.89. The predicted octanol–water partition coefficient (Wildman–Crippen LogP) is 10.2. The van der Waals surface area contributed by atoms with Gasteiger partial charge in [-0.2, -0.15) is 0 Å². The summed E-state index contributed by atoms with van der Waals surface area (Å²) in [6.45, 7) is 4.84. The van der Waals surface area contributed by atoms with E-state index < -0.39 is 18.2 Å². The molecular weight excluding hydrogens is 692 g/mol. The van der Waals surface area contributed by atoms with Gasteiger partial charge in [-0.25, -0.2) is 4.39 Å². The molecule has 0 saturated carbocycles. The monoisotopic (exact) mass is 738 g/mol. The van der Waals surface area contributed by atoms with Crippen molar-refractivity contribution in [3.05, 3.63) is 174 Å². The lowest BCUT2D eigenvalue weighted by molar-refractivity contribution is -0.149. The fraction of sp³-hybridized carbons (Fsp3) is 0.234. The number of amides is 1. The van der Waals surface area contributed by atoms with Crippen LogP contribution < -0.4 is 5.32 Å². The third kappa shape index (κ3) is 10.4. The molecule has 0 unspecified atom stereocenters. The van der Waals surface area contributed by atoms with Gasteiger partial charge >= 0.3 is 5.97 Å². The maximum atomic E-state index is 14.4. The molecule has 0 saturated heterocycles. The minimum Gasteiger partial charge on any atom is -0.461 e. The van der Waals surface area contributed by atoms with Crippen molar-refractivity contribution in [2.24, 2.45) is 0 Å². The minimum absolute atomic E-state index is 0.0275. The molecule has 1 amide bonds. The van der Waals surface area contributed by atoms with E-state index in [1.54, 1.807) is 12.1 Å². The Hall–Kier alpha value is -5.83. The Labute approximate surface area is 322 Å². The lowest BCUT2D eigenvalue weighted by atomic mass is 9.94. The lowest BCUT2D eigenvalue weighted by Gasteiger charge is -2.23. The summed E-state index contributed by atoms with van der Waals surface area (Å²) in [5, 5.41) is 14.7. The highest BCUT2D eigenvalue weighted by molar-refractivity contribution is 6.12. The Balaban J connectivity index is 1.32. The number of carbonyl (C=O) groups excluding carboxylic acids is 2. The van der Waals surface area contributed by atoms with Crippen molar-refractivity contribution in [2.75, 3.05) is 5.32 Å². The molecule has 55 heavy (non-hydrogen) atoms. The molecule has 0 fully saturated rings. The largest absolute Gasteiger partial charge is 0.461 e. The van der Waals surface area contributed by atoms with Crippen LogP contribution in [0.2, 0.25) is 0 Å². The van der Waals surface area contributed by atoms with Crippen LogP contribution in [0.15, 0.2) is 146 Å². The highest BCUT2D eigenvalue weighted by Gasteiger charge is 2.31. The number of rotatable bonds is 17. The number of hydrogen-bond acceptors (Lipinski definition) is 5. The van der Waals surface area contributed by atoms with E-state index >= 15 is 0 Å². The van der Waals surface area contributed by atoms with Gasteiger partial charge in [-0.3, -0.25) is 9.59 Å². The second kappa shape index (κ2) is 19.0. The Morgan fingerprint density at radius 3 is 1.89 bits per heavy atom. The van der Waals surface area contributed by atoms with E-state index in [1.807, 2.05) is 135 Å². The number of esters is 1. The molecule has 6 aromatic rings. The molecule has 6 rings (SSSR count). The van der Waals surface area contributed by atoms with Gasteiger partial charge in [0, 0.05) is 29.9 Å². The molecule has 1 aromatic heterocycles. The highest BCUT2D eigenvalue weighted by atomic mass is 19.1. The van der Waals surface area contributed by atoms with Crippen LogP contribution in [0, 0.1) is 5.82 Å². The smallest absolute Gasteiger partial charge is 0.308 e. The molecule has 1 heterocycles. The van der Waals surface area contributed by atoms with Gasteiger partial charge in [0.15, 0.2) is 0 Å². The average molecular weight is 739 g/mol. The third-order valence-corrected chi connectivity index (χ3v) is 9.48. The van der Waals surface area contributed by atoms with Gasteiger partial charge in [0.2, 0.25) is 0 Å². The maximum absolute atomic E-state index is 14.4. The first-order valence-electron chi connectivity index (χ1n) is 18.7. The van der Waals surface area contributed by atoms with E-state index in [0.717, 1.165) is 39.2 Å². The normalized spacial score (nSPS) is 12.3. The summed E-state index contributed by atoms with van der Waals surface area (Å²) in [6, 6.07) is 44.5. The van der Waals surface area contributed by atoms with Gasteiger partial charge in [-0.1, -0.05) is 123 Å². The summed E-state index contributed by atoms with van der Waals surface area (Å²) in [4.78, 5) is 27.5. The molecule has 0 aliphatic heterocycles. The molecule has 0 aliphatic rings. The topological polar surface area (TPSA) is 89.8 Å². The SMILES string of the molecule is CC(C)c1c(C(=O)Nc2ccccc2)c(-c2ccccc2)c(-c2ccc(F)cc2)n1CC[C@@H](O)C[C@H](CC(=O)OCc1ccccc1)OCc1ccccc1. The Morgan fingerprint density at radius 1 is 0.727 bits per heavy atom. The predicted molar refractivity (Wildman–Crippen MR) is 215 cm³/mol. The van der Waals surface area contributed by atoms with E-state index in [9.17, 15) is 19.1 Å². The molecule has 8 heteroatoms. The summed E-state index contributed by atoms with van der Waals surface area (Å²) >= 11 is 0. The first-order chi connectivity index (χ1) is 26.8. The van der Waals surface area contributed by atoms with Crippen molar-refractivity contribution in [1.82, 2.24) is 4.57 Å². The van der Waals surface area contributed by atoms with Crippen LogP contribution in [0.5, 0.6) is 0 Å². The number of halogens is 1. The second-order valence-corrected chi connectivity index (χ2v) is 13.9. The Bertz CT molecular complexity index is 2120. The third-order valence-electron chi connectivity index (χ3n) is 9.48. The summed E-state index contributed by atoms with van der Waals surface area (Å²) in [7, 11) is 0. The van der Waals surface area contributed by atoms with Crippen molar-refractivity contribution in [3.63, 3.8) is 0 Å². The first-order valence-corrected chi connectivity index (χ1v) is 18.7. The van der Waals surface area contributed by atoms with Gasteiger partial charge < -0.3 is 24.5 Å². The van der Waals surface area contributed by atoms with Crippen molar-refractivity contribution in [2.45, 2.75) is 71.0 Å². The minimum atomic E-state index is -0.868. The van der Waals surface area contributed by atoms with Crippen LogP contribution in [0.1, 0.15) is 66.2 Å². The second-order valence-electron chi connectivity index (χ2n) is 13.9. The molecule has 2 N–H and O–H groups in total. The average Bonchev–Trinajstić information content (AvgIpc) is 3.56. The number of aliphatic hydroxyl groups excluding tert-OH is 1. The number of benzene rings is 5. The molecule has 7 nitrogen and oxygen atoms in total. The van der Waals surface area contributed by atoms with Crippen LogP contribution in [0.25, 0.3) is 22.4 Å². The number of anilines is 1. The van der Waals surface area contributed by atoms with Gasteiger partial charge in [0.05, 0.1) is 36.5 Å². The number of ether oxygens (including phenoxy) is 2. The number of nitrogens with zero attached hydrogens (tertiary/aromatic N) is 1. The Kier molecular flexibility index (Phi) is 13.4. The number of nitrogens with one attached hydrogen (secondary N) is 1. The fourth-order valence-corrected chi connectivity index (χ4v) is 6.89. The molecule has 5 aromatic carbocycles. The van der Waals surface area contributed by atoms with Gasteiger partial charge in [0.1, 0.15) is 12.4 Å². The van der Waals surface area contributed by atoms with Gasteiger partial charge in [-0.15, -0.1) is 0 Å². The van der Waals surface area contributed by atoms with Crippen LogP contribution in [-0.4, -0.2) is 33.8 Å². The Morgan fingerprint density at radius 2 is 1.29 bits per heavy atom. The summed E-state index contributed by atoms with van der Waals surface area (Å²) in [5.74, 6) is -1.15. The van der Waals surface area contributed by atoms with Crippen LogP contribution in [0.3, 0.4) is 0 Å². The quantitative estimate of drug-likeness (QED) is 0.0910. The van der Waals surface area contributed by atoms with Crippen LogP contribution >= 0.6 is 0 Å². The first kappa shape index (κ1) is 38.9. The van der Waals surface area contributed by atoms with Crippen molar-refractivity contribution in [1.29, 1.82) is 0 Å². The highest BCUT2D eigenvalue weighted by Crippen LogP contribution is 2.42. The van der Waals surface area contributed by atoms with E-state index in [4.69, 9.17) is 9.47 Å².